The zero-order valence-electron chi connectivity index (χ0n) is 6.66. The largest absolute Gasteiger partial charge is 0.489 e. The minimum absolute atomic E-state index is 0.0194. The van der Waals surface area contributed by atoms with Gasteiger partial charge in [-0.1, -0.05) is 12.1 Å². The van der Waals surface area contributed by atoms with Crippen LogP contribution in [0.15, 0.2) is 18.2 Å². The fourth-order valence-electron chi connectivity index (χ4n) is 1.41. The number of carboxylic acids is 1. The number of para-hydroxylation sites is 1. The van der Waals surface area contributed by atoms with Crippen molar-refractivity contribution < 1.29 is 19.0 Å². The summed E-state index contributed by atoms with van der Waals surface area (Å²) in [6, 6.07) is 4.31. The second kappa shape index (κ2) is 2.73. The SMILES string of the molecule is O=C(O)C1COc2c(F)cccc21. The quantitative estimate of drug-likeness (QED) is 0.713. The average molecular weight is 182 g/mol. The van der Waals surface area contributed by atoms with Crippen LogP contribution in [0.3, 0.4) is 0 Å². The molecule has 68 valence electrons. The van der Waals surface area contributed by atoms with Crippen LogP contribution in [-0.4, -0.2) is 17.7 Å². The molecule has 1 aromatic rings. The summed E-state index contributed by atoms with van der Waals surface area (Å²) < 4.78 is 18.0. The van der Waals surface area contributed by atoms with Gasteiger partial charge < -0.3 is 9.84 Å². The summed E-state index contributed by atoms with van der Waals surface area (Å²) >= 11 is 0. The summed E-state index contributed by atoms with van der Waals surface area (Å²) in [6.45, 7) is 0.0194. The Morgan fingerprint density at radius 2 is 2.38 bits per heavy atom. The normalized spacial score (nSPS) is 19.3. The van der Waals surface area contributed by atoms with E-state index in [2.05, 4.69) is 0 Å². The molecule has 13 heavy (non-hydrogen) atoms. The van der Waals surface area contributed by atoms with E-state index in [0.717, 1.165) is 0 Å². The number of fused-ring (bicyclic) bond motifs is 1. The Bertz CT molecular complexity index is 362. The van der Waals surface area contributed by atoms with E-state index in [9.17, 15) is 9.18 Å². The molecular weight excluding hydrogens is 175 g/mol. The smallest absolute Gasteiger partial charge is 0.314 e. The number of halogens is 1. The monoisotopic (exact) mass is 182 g/mol. The maximum absolute atomic E-state index is 13.0. The maximum Gasteiger partial charge on any atom is 0.314 e. The molecule has 1 aliphatic heterocycles. The lowest BCUT2D eigenvalue weighted by Gasteiger charge is -2.00. The molecule has 0 aromatic heterocycles. The number of carbonyl (C=O) groups is 1. The Kier molecular flexibility index (Phi) is 1.69. The molecule has 1 heterocycles. The summed E-state index contributed by atoms with van der Waals surface area (Å²) in [6.07, 6.45) is 0. The highest BCUT2D eigenvalue weighted by atomic mass is 19.1. The highest BCUT2D eigenvalue weighted by molar-refractivity contribution is 5.78. The van der Waals surface area contributed by atoms with Gasteiger partial charge in [-0.25, -0.2) is 4.39 Å². The van der Waals surface area contributed by atoms with Gasteiger partial charge in [0.25, 0.3) is 0 Å². The molecular formula is C9H7FO3. The van der Waals surface area contributed by atoms with Gasteiger partial charge in [-0.15, -0.1) is 0 Å². The molecule has 2 rings (SSSR count). The van der Waals surface area contributed by atoms with Gasteiger partial charge in [-0.3, -0.25) is 4.79 Å². The number of carboxylic acid groups (broad SMARTS) is 1. The summed E-state index contributed by atoms with van der Waals surface area (Å²) in [4.78, 5) is 10.7. The topological polar surface area (TPSA) is 46.5 Å². The molecule has 0 bridgehead atoms. The van der Waals surface area contributed by atoms with Crippen LogP contribution in [0.2, 0.25) is 0 Å². The summed E-state index contributed by atoms with van der Waals surface area (Å²) in [5.41, 5.74) is 0.424. The summed E-state index contributed by atoms with van der Waals surface area (Å²) in [5.74, 6) is -2.13. The van der Waals surface area contributed by atoms with Crippen LogP contribution in [0.4, 0.5) is 4.39 Å². The minimum Gasteiger partial charge on any atom is -0.489 e. The first-order valence-electron chi connectivity index (χ1n) is 3.84. The molecule has 0 amide bonds. The van der Waals surface area contributed by atoms with Crippen LogP contribution in [0.5, 0.6) is 5.75 Å². The number of hydrogen-bond donors (Lipinski definition) is 1. The molecule has 0 fully saturated rings. The highest BCUT2D eigenvalue weighted by Gasteiger charge is 2.31. The molecule has 4 heteroatoms. The van der Waals surface area contributed by atoms with Crippen molar-refractivity contribution >= 4 is 5.97 Å². The number of aliphatic carboxylic acids is 1. The Balaban J connectivity index is 2.49. The van der Waals surface area contributed by atoms with Crippen molar-refractivity contribution in [2.45, 2.75) is 5.92 Å². The van der Waals surface area contributed by atoms with Crippen LogP contribution in [0.25, 0.3) is 0 Å². The fourth-order valence-corrected chi connectivity index (χ4v) is 1.41. The molecule has 1 atom stereocenters. The van der Waals surface area contributed by atoms with Crippen LogP contribution >= 0.6 is 0 Å². The Morgan fingerprint density at radius 3 is 3.08 bits per heavy atom. The van der Waals surface area contributed by atoms with E-state index in [1.54, 1.807) is 6.07 Å². The van der Waals surface area contributed by atoms with E-state index in [1.165, 1.54) is 12.1 Å². The number of rotatable bonds is 1. The summed E-state index contributed by atoms with van der Waals surface area (Å²) in [7, 11) is 0. The number of hydrogen-bond acceptors (Lipinski definition) is 2. The second-order valence-corrected chi connectivity index (χ2v) is 2.86. The first-order valence-corrected chi connectivity index (χ1v) is 3.84. The molecule has 1 unspecified atom stereocenters. The van der Waals surface area contributed by atoms with Crippen molar-refractivity contribution in [1.82, 2.24) is 0 Å². The number of ether oxygens (including phenoxy) is 1. The van der Waals surface area contributed by atoms with Gasteiger partial charge in [0.1, 0.15) is 12.5 Å². The third-order valence-corrected chi connectivity index (χ3v) is 2.07. The first-order chi connectivity index (χ1) is 6.20. The van der Waals surface area contributed by atoms with Gasteiger partial charge >= 0.3 is 5.97 Å². The van der Waals surface area contributed by atoms with E-state index in [-0.39, 0.29) is 12.4 Å². The first kappa shape index (κ1) is 8.04. The van der Waals surface area contributed by atoms with Crippen molar-refractivity contribution in [2.75, 3.05) is 6.61 Å². The van der Waals surface area contributed by atoms with Gasteiger partial charge in [-0.05, 0) is 6.07 Å². The molecule has 0 aliphatic carbocycles. The van der Waals surface area contributed by atoms with Gasteiger partial charge in [0.2, 0.25) is 0 Å². The third kappa shape index (κ3) is 1.14. The van der Waals surface area contributed by atoms with Crippen molar-refractivity contribution in [2.24, 2.45) is 0 Å². The van der Waals surface area contributed by atoms with E-state index in [0.29, 0.717) is 5.56 Å². The summed E-state index contributed by atoms with van der Waals surface area (Å²) in [5, 5.41) is 8.75. The van der Waals surface area contributed by atoms with E-state index >= 15 is 0 Å². The lowest BCUT2D eigenvalue weighted by molar-refractivity contribution is -0.138. The van der Waals surface area contributed by atoms with Crippen LogP contribution in [0, 0.1) is 5.82 Å². The molecule has 0 saturated carbocycles. The van der Waals surface area contributed by atoms with Crippen molar-refractivity contribution in [1.29, 1.82) is 0 Å². The van der Waals surface area contributed by atoms with E-state index in [4.69, 9.17) is 9.84 Å². The Hall–Kier alpha value is -1.58. The molecule has 1 aliphatic rings. The van der Waals surface area contributed by atoms with Gasteiger partial charge in [0, 0.05) is 5.56 Å². The van der Waals surface area contributed by atoms with Crippen molar-refractivity contribution in [3.05, 3.63) is 29.6 Å². The van der Waals surface area contributed by atoms with Gasteiger partial charge in [0.15, 0.2) is 11.6 Å². The Morgan fingerprint density at radius 1 is 1.62 bits per heavy atom. The maximum atomic E-state index is 13.0. The molecule has 0 radical (unpaired) electrons. The van der Waals surface area contributed by atoms with Crippen molar-refractivity contribution in [3.8, 4) is 5.75 Å². The van der Waals surface area contributed by atoms with Crippen LogP contribution in [-0.2, 0) is 4.79 Å². The van der Waals surface area contributed by atoms with Crippen LogP contribution in [0.1, 0.15) is 11.5 Å². The van der Waals surface area contributed by atoms with E-state index in [1.807, 2.05) is 0 Å². The zero-order chi connectivity index (χ0) is 9.42. The minimum atomic E-state index is -0.982. The molecule has 0 saturated heterocycles. The lowest BCUT2D eigenvalue weighted by Crippen LogP contribution is -2.12. The standard InChI is InChI=1S/C9H7FO3/c10-7-3-1-2-5-6(9(11)12)4-13-8(5)7/h1-3,6H,4H2,(H,11,12). The fraction of sp³-hybridized carbons (Fsp3) is 0.222. The van der Waals surface area contributed by atoms with E-state index < -0.39 is 17.7 Å². The predicted molar refractivity (Wildman–Crippen MR) is 42.3 cm³/mol. The Labute approximate surface area is 73.8 Å². The molecule has 1 aromatic carbocycles. The lowest BCUT2D eigenvalue weighted by atomic mass is 10.0. The van der Waals surface area contributed by atoms with Crippen molar-refractivity contribution in [3.63, 3.8) is 0 Å². The molecule has 3 nitrogen and oxygen atoms in total. The highest BCUT2D eigenvalue weighted by Crippen LogP contribution is 2.35. The van der Waals surface area contributed by atoms with Crippen LogP contribution < -0.4 is 4.74 Å². The predicted octanol–water partition coefficient (Wildman–Crippen LogP) is 1.39. The van der Waals surface area contributed by atoms with Gasteiger partial charge in [0.05, 0.1) is 0 Å². The van der Waals surface area contributed by atoms with Gasteiger partial charge in [-0.2, -0.15) is 0 Å². The molecule has 1 N–H and O–H groups in total. The number of benzene rings is 1. The second-order valence-electron chi connectivity index (χ2n) is 2.86. The zero-order valence-corrected chi connectivity index (χ0v) is 6.66. The molecule has 0 spiro atoms. The third-order valence-electron chi connectivity index (χ3n) is 2.07. The average Bonchev–Trinajstić information content (AvgIpc) is 2.48.